The molecule has 2 saturated heterocycles. The van der Waals surface area contributed by atoms with E-state index in [9.17, 15) is 4.79 Å². The van der Waals surface area contributed by atoms with Crippen LogP contribution in [0.25, 0.3) is 10.9 Å². The summed E-state index contributed by atoms with van der Waals surface area (Å²) >= 11 is 0. The zero-order valence-corrected chi connectivity index (χ0v) is 15.5. The summed E-state index contributed by atoms with van der Waals surface area (Å²) in [4.78, 5) is 12.6. The Balaban J connectivity index is 1.32. The second-order valence-electron chi connectivity index (χ2n) is 8.11. The molecular formula is C20H28N4O2. The number of rotatable bonds is 4. The summed E-state index contributed by atoms with van der Waals surface area (Å²) in [5.41, 5.74) is 7.53. The van der Waals surface area contributed by atoms with E-state index in [0.29, 0.717) is 6.61 Å². The Morgan fingerprint density at radius 3 is 3.00 bits per heavy atom. The first kappa shape index (κ1) is 17.5. The fourth-order valence-electron chi connectivity index (χ4n) is 4.11. The van der Waals surface area contributed by atoms with E-state index in [4.69, 9.17) is 4.74 Å². The number of ether oxygens (including phenoxy) is 1. The molecule has 0 bridgehead atoms. The van der Waals surface area contributed by atoms with Gasteiger partial charge < -0.3 is 14.6 Å². The van der Waals surface area contributed by atoms with Crippen molar-refractivity contribution in [1.82, 2.24) is 20.7 Å². The highest BCUT2D eigenvalue weighted by molar-refractivity contribution is 5.82. The second kappa shape index (κ2) is 7.02. The monoisotopic (exact) mass is 356 g/mol. The highest BCUT2D eigenvalue weighted by atomic mass is 16.5. The first-order chi connectivity index (χ1) is 12.5. The van der Waals surface area contributed by atoms with Crippen LogP contribution in [0.2, 0.25) is 0 Å². The molecule has 6 nitrogen and oxygen atoms in total. The largest absolute Gasteiger partial charge is 0.375 e. The van der Waals surface area contributed by atoms with Crippen LogP contribution in [-0.2, 0) is 16.1 Å². The van der Waals surface area contributed by atoms with Crippen LogP contribution in [0.4, 0.5) is 0 Å². The summed E-state index contributed by atoms with van der Waals surface area (Å²) in [6, 6.07) is 10.7. The minimum Gasteiger partial charge on any atom is -0.375 e. The molecular weight excluding hydrogens is 328 g/mol. The summed E-state index contributed by atoms with van der Waals surface area (Å²) in [7, 11) is 0. The van der Waals surface area contributed by atoms with E-state index in [1.54, 1.807) is 0 Å². The molecule has 0 radical (unpaired) electrons. The average molecular weight is 356 g/mol. The Hall–Kier alpha value is -1.89. The van der Waals surface area contributed by atoms with Crippen molar-refractivity contribution in [2.75, 3.05) is 6.61 Å². The van der Waals surface area contributed by atoms with Gasteiger partial charge in [0.2, 0.25) is 5.91 Å². The van der Waals surface area contributed by atoms with Crippen LogP contribution in [0.15, 0.2) is 36.5 Å². The highest BCUT2D eigenvalue weighted by Crippen LogP contribution is 2.24. The number of nitrogens with one attached hydrogen (secondary N) is 3. The molecule has 2 fully saturated rings. The molecule has 4 rings (SSSR count). The van der Waals surface area contributed by atoms with E-state index >= 15 is 0 Å². The molecule has 1 amide bonds. The molecule has 2 aliphatic rings. The van der Waals surface area contributed by atoms with Crippen LogP contribution in [0, 0.1) is 0 Å². The molecule has 3 unspecified atom stereocenters. The molecule has 2 aliphatic heterocycles. The third-order valence-electron chi connectivity index (χ3n) is 5.44. The molecule has 2 aromatic rings. The fourth-order valence-corrected chi connectivity index (χ4v) is 4.11. The third kappa shape index (κ3) is 3.77. The lowest BCUT2D eigenvalue weighted by Gasteiger charge is -2.36. The minimum absolute atomic E-state index is 0.0834. The summed E-state index contributed by atoms with van der Waals surface area (Å²) in [6.07, 6.45) is 4.64. The maximum Gasteiger partial charge on any atom is 0.238 e. The minimum atomic E-state index is -0.187. The van der Waals surface area contributed by atoms with Gasteiger partial charge in [-0.1, -0.05) is 18.2 Å². The number of hydrogen-bond donors (Lipinski definition) is 3. The molecule has 0 saturated carbocycles. The van der Waals surface area contributed by atoms with Gasteiger partial charge in [-0.05, 0) is 50.6 Å². The Kier molecular flexibility index (Phi) is 4.73. The quantitative estimate of drug-likeness (QED) is 0.783. The number of para-hydroxylation sites is 1. The topological polar surface area (TPSA) is 67.3 Å². The maximum atomic E-state index is 12.6. The standard InChI is InChI=1S/C20H28N4O2/c1-20(2)12-15(8-10-26-20)21-19(25)17-11-16(22-23-17)13-24-9-7-14-5-3-4-6-18(14)24/h3-7,9,15-17,22-23H,8,10-13H2,1-2H3,(H,21,25). The molecule has 140 valence electrons. The van der Waals surface area contributed by atoms with Gasteiger partial charge in [-0.15, -0.1) is 0 Å². The first-order valence-corrected chi connectivity index (χ1v) is 9.49. The van der Waals surface area contributed by atoms with Gasteiger partial charge in [-0.2, -0.15) is 0 Å². The summed E-state index contributed by atoms with van der Waals surface area (Å²) in [5.74, 6) is 0.0834. The second-order valence-corrected chi connectivity index (χ2v) is 8.11. The lowest BCUT2D eigenvalue weighted by atomic mass is 9.93. The van der Waals surface area contributed by atoms with Crippen molar-refractivity contribution in [2.24, 2.45) is 0 Å². The van der Waals surface area contributed by atoms with Crippen molar-refractivity contribution in [3.8, 4) is 0 Å². The van der Waals surface area contributed by atoms with E-state index in [1.807, 2.05) is 0 Å². The Morgan fingerprint density at radius 2 is 2.15 bits per heavy atom. The number of aromatic nitrogens is 1. The van der Waals surface area contributed by atoms with E-state index in [-0.39, 0.29) is 29.6 Å². The number of hydrazine groups is 1. The van der Waals surface area contributed by atoms with Gasteiger partial charge in [0.25, 0.3) is 0 Å². The van der Waals surface area contributed by atoms with Gasteiger partial charge >= 0.3 is 0 Å². The van der Waals surface area contributed by atoms with Gasteiger partial charge in [0.05, 0.1) is 5.60 Å². The molecule has 0 spiro atoms. The Labute approximate surface area is 154 Å². The van der Waals surface area contributed by atoms with Gasteiger partial charge in [-0.25, -0.2) is 5.43 Å². The lowest BCUT2D eigenvalue weighted by Crippen LogP contribution is -2.51. The number of amides is 1. The number of hydrogen-bond acceptors (Lipinski definition) is 4. The highest BCUT2D eigenvalue weighted by Gasteiger charge is 2.34. The predicted octanol–water partition coefficient (Wildman–Crippen LogP) is 1.95. The number of fused-ring (bicyclic) bond motifs is 1. The van der Waals surface area contributed by atoms with Crippen molar-refractivity contribution in [1.29, 1.82) is 0 Å². The molecule has 3 atom stereocenters. The average Bonchev–Trinajstić information content (AvgIpc) is 3.22. The maximum absolute atomic E-state index is 12.6. The number of nitrogens with zero attached hydrogens (tertiary/aromatic N) is 1. The molecule has 26 heavy (non-hydrogen) atoms. The van der Waals surface area contributed by atoms with Gasteiger partial charge in [0.1, 0.15) is 6.04 Å². The normalized spacial score (nSPS) is 28.3. The Bertz CT molecular complexity index is 785. The molecule has 6 heteroatoms. The zero-order chi connectivity index (χ0) is 18.1. The van der Waals surface area contributed by atoms with E-state index in [2.05, 4.69) is 71.1 Å². The van der Waals surface area contributed by atoms with Crippen molar-refractivity contribution in [3.63, 3.8) is 0 Å². The summed E-state index contributed by atoms with van der Waals surface area (Å²) in [5, 5.41) is 4.44. The molecule has 1 aromatic carbocycles. The van der Waals surface area contributed by atoms with Gasteiger partial charge in [0.15, 0.2) is 0 Å². The van der Waals surface area contributed by atoms with Crippen molar-refractivity contribution >= 4 is 16.8 Å². The molecule has 1 aromatic heterocycles. The lowest BCUT2D eigenvalue weighted by molar-refractivity contribution is -0.125. The third-order valence-corrected chi connectivity index (χ3v) is 5.44. The fraction of sp³-hybridized carbons (Fsp3) is 0.550. The van der Waals surface area contributed by atoms with Crippen LogP contribution in [0.1, 0.15) is 33.1 Å². The molecule has 3 N–H and O–H groups in total. The van der Waals surface area contributed by atoms with Crippen molar-refractivity contribution in [3.05, 3.63) is 36.5 Å². The number of benzene rings is 1. The zero-order valence-electron chi connectivity index (χ0n) is 15.5. The number of carbonyl (C=O) groups excluding carboxylic acids is 1. The molecule has 3 heterocycles. The van der Waals surface area contributed by atoms with Gasteiger partial charge in [-0.3, -0.25) is 10.2 Å². The van der Waals surface area contributed by atoms with Crippen LogP contribution < -0.4 is 16.2 Å². The van der Waals surface area contributed by atoms with Crippen molar-refractivity contribution in [2.45, 2.75) is 63.4 Å². The number of carbonyl (C=O) groups is 1. The molecule has 0 aliphatic carbocycles. The van der Waals surface area contributed by atoms with Crippen LogP contribution in [0.3, 0.4) is 0 Å². The van der Waals surface area contributed by atoms with E-state index in [1.165, 1.54) is 10.9 Å². The Morgan fingerprint density at radius 1 is 1.31 bits per heavy atom. The van der Waals surface area contributed by atoms with Crippen LogP contribution in [0.5, 0.6) is 0 Å². The van der Waals surface area contributed by atoms with E-state index in [0.717, 1.165) is 25.8 Å². The van der Waals surface area contributed by atoms with Crippen LogP contribution in [-0.4, -0.2) is 40.8 Å². The van der Waals surface area contributed by atoms with Crippen molar-refractivity contribution < 1.29 is 9.53 Å². The SMILES string of the molecule is CC1(C)CC(NC(=O)C2CC(Cn3ccc4ccccc43)NN2)CCO1. The van der Waals surface area contributed by atoms with Gasteiger partial charge in [0, 0.05) is 36.9 Å². The summed E-state index contributed by atoms with van der Waals surface area (Å²) < 4.78 is 7.98. The van der Waals surface area contributed by atoms with Crippen LogP contribution >= 0.6 is 0 Å². The smallest absolute Gasteiger partial charge is 0.238 e. The van der Waals surface area contributed by atoms with E-state index < -0.39 is 0 Å². The summed E-state index contributed by atoms with van der Waals surface area (Å²) in [6.45, 7) is 5.71. The predicted molar refractivity (Wildman–Crippen MR) is 102 cm³/mol. The first-order valence-electron chi connectivity index (χ1n) is 9.49.